The van der Waals surface area contributed by atoms with Crippen molar-refractivity contribution >= 4 is 49.1 Å². The third kappa shape index (κ3) is 4.83. The molecular weight excluding hydrogens is 651 g/mol. The average molecular weight is 671 g/mol. The van der Waals surface area contributed by atoms with Crippen molar-refractivity contribution in [3.8, 4) is 11.1 Å². The van der Waals surface area contributed by atoms with Crippen LogP contribution < -0.4 is 5.32 Å². The van der Waals surface area contributed by atoms with Crippen LogP contribution in [0.1, 0.15) is 53.0 Å². The van der Waals surface area contributed by atoms with Crippen LogP contribution >= 0.6 is 22.7 Å². The first-order valence-electron chi connectivity index (χ1n) is 14.2. The Kier molecular flexibility index (Phi) is 6.69. The molecule has 0 spiro atoms. The molecule has 1 unspecified atom stereocenters. The molecule has 8 rings (SSSR count). The minimum atomic E-state index is -3.41. The number of thiazole rings is 2. The highest BCUT2D eigenvalue weighted by molar-refractivity contribution is 7.17. The number of rotatable bonds is 8. The summed E-state index contributed by atoms with van der Waals surface area (Å²) in [4.78, 5) is 27.0. The molecule has 4 aromatic heterocycles. The molecule has 0 radical (unpaired) electrons. The monoisotopic (exact) mass is 670 g/mol. The normalized spacial score (nSPS) is 18.7. The molecule has 234 valence electrons. The molecule has 1 saturated carbocycles. The zero-order valence-electron chi connectivity index (χ0n) is 23.4. The van der Waals surface area contributed by atoms with Crippen LogP contribution in [0.25, 0.3) is 31.7 Å². The quantitative estimate of drug-likeness (QED) is 0.168. The Labute approximate surface area is 263 Å². The van der Waals surface area contributed by atoms with Crippen molar-refractivity contribution in [2.45, 2.75) is 43.7 Å². The number of alkyl halides is 4. The minimum Gasteiger partial charge on any atom is -0.346 e. The molecule has 6 aromatic rings. The Balaban J connectivity index is 1.21. The van der Waals surface area contributed by atoms with Gasteiger partial charge in [-0.25, -0.2) is 32.5 Å². The van der Waals surface area contributed by atoms with Crippen molar-refractivity contribution in [1.29, 1.82) is 0 Å². The van der Waals surface area contributed by atoms with E-state index in [1.807, 2.05) is 24.3 Å². The number of carbonyl (C=O) groups is 1. The van der Waals surface area contributed by atoms with E-state index in [1.165, 1.54) is 22.7 Å². The van der Waals surface area contributed by atoms with E-state index >= 15 is 8.78 Å². The number of hydrogen-bond acceptors (Lipinski definition) is 7. The molecule has 46 heavy (non-hydrogen) atoms. The Morgan fingerprint density at radius 2 is 1.76 bits per heavy atom. The van der Waals surface area contributed by atoms with E-state index in [0.29, 0.717) is 27.1 Å². The molecule has 3 atom stereocenters. The second-order valence-corrected chi connectivity index (χ2v) is 13.2. The van der Waals surface area contributed by atoms with Gasteiger partial charge in [-0.05, 0) is 60.2 Å². The fourth-order valence-corrected chi connectivity index (χ4v) is 7.78. The van der Waals surface area contributed by atoms with E-state index in [-0.39, 0.29) is 24.0 Å². The molecule has 2 aliphatic carbocycles. The second kappa shape index (κ2) is 10.6. The molecule has 1 amide bonds. The van der Waals surface area contributed by atoms with E-state index in [1.54, 1.807) is 11.0 Å². The van der Waals surface area contributed by atoms with Gasteiger partial charge in [-0.1, -0.05) is 6.07 Å². The van der Waals surface area contributed by atoms with Gasteiger partial charge in [0.2, 0.25) is 5.91 Å². The summed E-state index contributed by atoms with van der Waals surface area (Å²) in [5, 5.41) is 6.52. The van der Waals surface area contributed by atoms with Gasteiger partial charge in [0.25, 0.3) is 12.3 Å². The number of halogens is 6. The zero-order chi connectivity index (χ0) is 31.9. The van der Waals surface area contributed by atoms with Gasteiger partial charge in [0.15, 0.2) is 5.65 Å². The van der Waals surface area contributed by atoms with Crippen molar-refractivity contribution in [3.05, 3.63) is 93.3 Å². The summed E-state index contributed by atoms with van der Waals surface area (Å²) in [6, 6.07) is 9.35. The van der Waals surface area contributed by atoms with E-state index in [0.717, 1.165) is 33.1 Å². The van der Waals surface area contributed by atoms with Crippen LogP contribution in [-0.2, 0) is 23.7 Å². The van der Waals surface area contributed by atoms with Gasteiger partial charge in [-0.2, -0.15) is 13.9 Å². The summed E-state index contributed by atoms with van der Waals surface area (Å²) in [6.45, 7) is -0.781. The Morgan fingerprint density at radius 1 is 1.00 bits per heavy atom. The summed E-state index contributed by atoms with van der Waals surface area (Å²) in [6.07, 6.45) is -3.14. The maximum Gasteiger partial charge on any atom is 0.293 e. The number of carbonyl (C=O) groups excluding carboxylic acids is 1. The number of benzene rings is 2. The molecule has 0 aliphatic heterocycles. The summed E-state index contributed by atoms with van der Waals surface area (Å²) in [5.74, 6) is -7.69. The second-order valence-electron chi connectivity index (χ2n) is 11.4. The largest absolute Gasteiger partial charge is 0.346 e. The van der Waals surface area contributed by atoms with Crippen LogP contribution in [0.3, 0.4) is 0 Å². The average Bonchev–Trinajstić information content (AvgIpc) is 3.28. The van der Waals surface area contributed by atoms with Crippen molar-refractivity contribution < 1.29 is 31.1 Å². The molecule has 2 aromatic carbocycles. The highest BCUT2D eigenvalue weighted by Crippen LogP contribution is 2.68. The summed E-state index contributed by atoms with van der Waals surface area (Å²) < 4.78 is 88.9. The highest BCUT2D eigenvalue weighted by Gasteiger charge is 2.67. The van der Waals surface area contributed by atoms with Gasteiger partial charge >= 0.3 is 0 Å². The van der Waals surface area contributed by atoms with Crippen LogP contribution in [0.15, 0.2) is 53.5 Å². The lowest BCUT2D eigenvalue weighted by molar-refractivity contribution is -0.123. The molecular formula is C31H20F6N6OS2. The summed E-state index contributed by atoms with van der Waals surface area (Å²) in [7, 11) is 0. The van der Waals surface area contributed by atoms with Gasteiger partial charge < -0.3 is 5.32 Å². The highest BCUT2D eigenvalue weighted by atomic mass is 32.1. The third-order valence-electron chi connectivity index (χ3n) is 8.48. The van der Waals surface area contributed by atoms with Gasteiger partial charge in [-0.15, -0.1) is 22.7 Å². The first-order valence-corrected chi connectivity index (χ1v) is 15.9. The predicted octanol–water partition coefficient (Wildman–Crippen LogP) is 7.69. The van der Waals surface area contributed by atoms with Crippen molar-refractivity contribution in [3.63, 3.8) is 0 Å². The molecule has 1 fully saturated rings. The molecule has 2 aliphatic rings. The van der Waals surface area contributed by atoms with Crippen molar-refractivity contribution in [2.75, 3.05) is 0 Å². The first-order chi connectivity index (χ1) is 22.1. The topological polar surface area (TPSA) is 85.6 Å². The molecule has 1 N–H and O–H groups in total. The van der Waals surface area contributed by atoms with Crippen LogP contribution in [0.4, 0.5) is 26.3 Å². The van der Waals surface area contributed by atoms with E-state index < -0.39 is 65.7 Å². The maximum atomic E-state index is 15.2. The van der Waals surface area contributed by atoms with Gasteiger partial charge in [-0.3, -0.25) is 9.48 Å². The van der Waals surface area contributed by atoms with E-state index in [2.05, 4.69) is 20.4 Å². The van der Waals surface area contributed by atoms with E-state index in [9.17, 15) is 22.4 Å². The van der Waals surface area contributed by atoms with Gasteiger partial charge in [0.05, 0.1) is 37.7 Å². The van der Waals surface area contributed by atoms with Crippen LogP contribution in [0.5, 0.6) is 0 Å². The Bertz CT molecular complexity index is 2160. The lowest BCUT2D eigenvalue weighted by Gasteiger charge is -2.22. The first kappa shape index (κ1) is 29.1. The van der Waals surface area contributed by atoms with Gasteiger partial charge in [0, 0.05) is 23.1 Å². The minimum absolute atomic E-state index is 0.0874. The maximum absolute atomic E-state index is 15.2. The van der Waals surface area contributed by atoms with Crippen LogP contribution in [0.2, 0.25) is 0 Å². The number of hydrogen-bond donors (Lipinski definition) is 1. The number of aromatic nitrogens is 5. The predicted molar refractivity (Wildman–Crippen MR) is 159 cm³/mol. The fraction of sp³-hybridized carbons (Fsp3) is 0.258. The Hall–Kier alpha value is -4.37. The molecule has 0 bridgehead atoms. The van der Waals surface area contributed by atoms with E-state index in [4.69, 9.17) is 4.98 Å². The molecule has 0 saturated heterocycles. The number of nitrogens with zero attached hydrogens (tertiary/aromatic N) is 5. The standard InChI is InChI=1S/C31H20F6N6OS2/c32-15-3-13(4-16(33)7-15)5-21(40-24(44)10-43-28-25(27(42-43)29(34)35)18-8-19(18)31(28,36)37)26-17(9-23-30(41-26)39-12-46-23)14-1-2-22-20(6-14)38-11-45-22/h1-4,6-7,9,11-12,18-19,21,29H,5,8,10H2,(H,40,44)/t18-,19+,21?/m0/s1. The lowest BCUT2D eigenvalue weighted by atomic mass is 9.95. The molecule has 4 heterocycles. The number of nitrogens with one attached hydrogen (secondary N) is 1. The van der Waals surface area contributed by atoms with Crippen molar-refractivity contribution in [2.24, 2.45) is 5.92 Å². The van der Waals surface area contributed by atoms with Gasteiger partial charge in [0.1, 0.15) is 29.6 Å². The molecule has 15 heteroatoms. The number of pyridine rings is 1. The third-order valence-corrected chi connectivity index (χ3v) is 10.1. The van der Waals surface area contributed by atoms with Crippen LogP contribution in [-0.4, -0.2) is 30.6 Å². The number of amides is 1. The molecule has 7 nitrogen and oxygen atoms in total. The summed E-state index contributed by atoms with van der Waals surface area (Å²) >= 11 is 2.81. The van der Waals surface area contributed by atoms with Crippen molar-refractivity contribution in [1.82, 2.24) is 30.0 Å². The number of fused-ring (bicyclic) bond motifs is 5. The zero-order valence-corrected chi connectivity index (χ0v) is 25.0. The van der Waals surface area contributed by atoms with Crippen LogP contribution in [0, 0.1) is 17.6 Å². The summed E-state index contributed by atoms with van der Waals surface area (Å²) in [5.41, 5.74) is 4.60. The smallest absolute Gasteiger partial charge is 0.293 e. The Morgan fingerprint density at radius 3 is 2.54 bits per heavy atom. The SMILES string of the molecule is O=C(Cn1nc(C(F)F)c2c1C(F)(F)[C@@H]1C[C@H]21)NC(Cc1cc(F)cc(F)c1)c1nc2ncsc2cc1-c1ccc2scnc2c1. The fourth-order valence-electron chi connectivity index (χ4n) is 6.47. The lowest BCUT2D eigenvalue weighted by Crippen LogP contribution is -2.35.